The lowest BCUT2D eigenvalue weighted by Crippen LogP contribution is -2.43. The minimum absolute atomic E-state index is 0.0245. The van der Waals surface area contributed by atoms with Gasteiger partial charge in [0.1, 0.15) is 0 Å². The molecule has 0 aromatic heterocycles. The molecule has 2 aromatic rings. The second kappa shape index (κ2) is 9.04. The van der Waals surface area contributed by atoms with E-state index in [2.05, 4.69) is 53.7 Å². The summed E-state index contributed by atoms with van der Waals surface area (Å²) in [6.07, 6.45) is 0. The topological polar surface area (TPSA) is 79.5 Å². The summed E-state index contributed by atoms with van der Waals surface area (Å²) in [4.78, 5) is 15.9. The molecule has 0 heterocycles. The number of hydrogen-bond donors (Lipinski definition) is 3. The maximum absolute atomic E-state index is 11.3. The van der Waals surface area contributed by atoms with Crippen molar-refractivity contribution in [2.75, 3.05) is 13.1 Å². The summed E-state index contributed by atoms with van der Waals surface area (Å²) in [5.74, 6) is 0.325. The summed E-state index contributed by atoms with van der Waals surface area (Å²) in [5.41, 5.74) is 8.03. The van der Waals surface area contributed by atoms with Crippen LogP contribution in [-0.4, -0.2) is 25.0 Å². The highest BCUT2D eigenvalue weighted by atomic mass is 16.1. The van der Waals surface area contributed by atoms with Crippen LogP contribution >= 0.6 is 0 Å². The van der Waals surface area contributed by atoms with Gasteiger partial charge in [-0.3, -0.25) is 4.79 Å². The molecule has 0 bridgehead atoms. The predicted octanol–water partition coefficient (Wildman–Crippen LogP) is 2.82. The number of nitrogens with one attached hydrogen (secondary N) is 2. The average molecular weight is 352 g/mol. The molecule has 5 nitrogen and oxygen atoms in total. The van der Waals surface area contributed by atoms with Gasteiger partial charge in [0.25, 0.3) is 0 Å². The molecule has 0 spiro atoms. The van der Waals surface area contributed by atoms with Crippen LogP contribution in [0.1, 0.15) is 42.3 Å². The molecule has 0 fully saturated rings. The molecule has 1 amide bonds. The lowest BCUT2D eigenvalue weighted by atomic mass is 9.85. The van der Waals surface area contributed by atoms with E-state index in [4.69, 9.17) is 5.73 Å². The Morgan fingerprint density at radius 1 is 1.08 bits per heavy atom. The van der Waals surface area contributed by atoms with Crippen molar-refractivity contribution in [1.29, 1.82) is 0 Å². The fourth-order valence-corrected chi connectivity index (χ4v) is 2.63. The van der Waals surface area contributed by atoms with Gasteiger partial charge in [0.2, 0.25) is 5.91 Å². The average Bonchev–Trinajstić information content (AvgIpc) is 2.65. The van der Waals surface area contributed by atoms with E-state index in [1.165, 1.54) is 5.56 Å². The van der Waals surface area contributed by atoms with Gasteiger partial charge in [-0.25, -0.2) is 4.99 Å². The van der Waals surface area contributed by atoms with Crippen LogP contribution in [0.3, 0.4) is 0 Å². The van der Waals surface area contributed by atoms with Gasteiger partial charge >= 0.3 is 0 Å². The first-order chi connectivity index (χ1) is 12.4. The standard InChI is InChI=1S/C21H28N4O/c1-4-23-20(24-14-16-9-8-10-17(13-16)19(22)26)25-15-21(2,3)18-11-6-5-7-12-18/h5-13H,4,14-15H2,1-3H3,(H2,22,26)(H2,23,24,25). The maximum atomic E-state index is 11.3. The fraction of sp³-hybridized carbons (Fsp3) is 0.333. The number of primary amides is 1. The number of hydrogen-bond acceptors (Lipinski definition) is 2. The van der Waals surface area contributed by atoms with Crippen molar-refractivity contribution in [1.82, 2.24) is 10.6 Å². The lowest BCUT2D eigenvalue weighted by molar-refractivity contribution is 0.1000. The van der Waals surface area contributed by atoms with E-state index in [1.807, 2.05) is 25.1 Å². The van der Waals surface area contributed by atoms with E-state index in [1.54, 1.807) is 12.1 Å². The highest BCUT2D eigenvalue weighted by Crippen LogP contribution is 2.21. The van der Waals surface area contributed by atoms with E-state index in [0.29, 0.717) is 12.1 Å². The molecule has 0 aliphatic rings. The Balaban J connectivity index is 2.05. The number of benzene rings is 2. The molecule has 4 N–H and O–H groups in total. The van der Waals surface area contributed by atoms with Gasteiger partial charge in [-0.2, -0.15) is 0 Å². The Morgan fingerprint density at radius 3 is 2.46 bits per heavy atom. The van der Waals surface area contributed by atoms with E-state index >= 15 is 0 Å². The Kier molecular flexibility index (Phi) is 6.78. The van der Waals surface area contributed by atoms with Gasteiger partial charge in [-0.15, -0.1) is 0 Å². The van der Waals surface area contributed by atoms with Crippen LogP contribution in [0.2, 0.25) is 0 Å². The van der Waals surface area contributed by atoms with Crippen LogP contribution in [0, 0.1) is 0 Å². The molecule has 2 rings (SSSR count). The summed E-state index contributed by atoms with van der Waals surface area (Å²) in [7, 11) is 0. The lowest BCUT2D eigenvalue weighted by Gasteiger charge is -2.26. The fourth-order valence-electron chi connectivity index (χ4n) is 2.63. The number of nitrogens with two attached hydrogens (primary N) is 1. The van der Waals surface area contributed by atoms with Crippen LogP contribution in [0.15, 0.2) is 59.6 Å². The first kappa shape index (κ1) is 19.5. The van der Waals surface area contributed by atoms with Crippen molar-refractivity contribution in [2.24, 2.45) is 10.7 Å². The number of rotatable bonds is 7. The number of guanidine groups is 1. The zero-order valence-electron chi connectivity index (χ0n) is 15.8. The summed E-state index contributed by atoms with van der Waals surface area (Å²) in [6.45, 7) is 8.45. The predicted molar refractivity (Wildman–Crippen MR) is 107 cm³/mol. The largest absolute Gasteiger partial charge is 0.366 e. The molecule has 5 heteroatoms. The van der Waals surface area contributed by atoms with Crippen LogP contribution in [0.5, 0.6) is 0 Å². The quantitative estimate of drug-likeness (QED) is 0.529. The number of carbonyl (C=O) groups is 1. The normalized spacial score (nSPS) is 11.9. The minimum atomic E-state index is -0.425. The van der Waals surface area contributed by atoms with E-state index in [-0.39, 0.29) is 5.41 Å². The highest BCUT2D eigenvalue weighted by molar-refractivity contribution is 5.92. The molecule has 0 atom stereocenters. The van der Waals surface area contributed by atoms with Crippen molar-refractivity contribution >= 4 is 11.9 Å². The van der Waals surface area contributed by atoms with Crippen molar-refractivity contribution < 1.29 is 4.79 Å². The Hall–Kier alpha value is -2.82. The smallest absolute Gasteiger partial charge is 0.248 e. The molecule has 2 aromatic carbocycles. The van der Waals surface area contributed by atoms with Crippen molar-refractivity contribution in [3.63, 3.8) is 0 Å². The molecule has 138 valence electrons. The third kappa shape index (κ3) is 5.62. The molecular weight excluding hydrogens is 324 g/mol. The first-order valence-corrected chi connectivity index (χ1v) is 8.89. The second-order valence-electron chi connectivity index (χ2n) is 6.86. The zero-order valence-corrected chi connectivity index (χ0v) is 15.8. The maximum Gasteiger partial charge on any atom is 0.248 e. The molecule has 0 unspecified atom stereocenters. The van der Waals surface area contributed by atoms with Crippen LogP contribution < -0.4 is 16.4 Å². The SMILES string of the molecule is CCNC(=NCc1cccc(C(N)=O)c1)NCC(C)(C)c1ccccc1. The summed E-state index contributed by atoms with van der Waals surface area (Å²) in [5, 5.41) is 6.68. The van der Waals surface area contributed by atoms with E-state index in [9.17, 15) is 4.79 Å². The van der Waals surface area contributed by atoms with Crippen LogP contribution in [0.4, 0.5) is 0 Å². The summed E-state index contributed by atoms with van der Waals surface area (Å²) in [6, 6.07) is 17.7. The van der Waals surface area contributed by atoms with Gasteiger partial charge in [0, 0.05) is 24.1 Å². The summed E-state index contributed by atoms with van der Waals surface area (Å²) >= 11 is 0. The van der Waals surface area contributed by atoms with Crippen LogP contribution in [0.25, 0.3) is 0 Å². The second-order valence-corrected chi connectivity index (χ2v) is 6.86. The minimum Gasteiger partial charge on any atom is -0.366 e. The molecule has 0 saturated heterocycles. The molecule has 0 aliphatic heterocycles. The number of amides is 1. The van der Waals surface area contributed by atoms with E-state index < -0.39 is 5.91 Å². The van der Waals surface area contributed by atoms with Gasteiger partial charge in [-0.05, 0) is 30.2 Å². The van der Waals surface area contributed by atoms with Gasteiger partial charge in [0.15, 0.2) is 5.96 Å². The zero-order chi connectivity index (χ0) is 19.0. The van der Waals surface area contributed by atoms with Crippen molar-refractivity contribution in [3.05, 3.63) is 71.3 Å². The molecule has 0 saturated carbocycles. The Labute approximate surface area is 155 Å². The molecular formula is C21H28N4O. The van der Waals surface area contributed by atoms with Crippen molar-refractivity contribution in [3.8, 4) is 0 Å². The van der Waals surface area contributed by atoms with Gasteiger partial charge in [-0.1, -0.05) is 56.3 Å². The third-order valence-corrected chi connectivity index (χ3v) is 4.23. The van der Waals surface area contributed by atoms with Crippen molar-refractivity contribution in [2.45, 2.75) is 32.7 Å². The van der Waals surface area contributed by atoms with E-state index in [0.717, 1.165) is 24.6 Å². The monoisotopic (exact) mass is 352 g/mol. The number of nitrogens with zero attached hydrogens (tertiary/aromatic N) is 1. The van der Waals surface area contributed by atoms with Gasteiger partial charge in [0.05, 0.1) is 6.54 Å². The summed E-state index contributed by atoms with van der Waals surface area (Å²) < 4.78 is 0. The Morgan fingerprint density at radius 2 is 1.81 bits per heavy atom. The molecule has 0 radical (unpaired) electrons. The number of carbonyl (C=O) groups excluding carboxylic acids is 1. The van der Waals surface area contributed by atoms with Crippen LogP contribution in [-0.2, 0) is 12.0 Å². The number of aliphatic imine (C=N–C) groups is 1. The third-order valence-electron chi connectivity index (χ3n) is 4.23. The molecule has 0 aliphatic carbocycles. The first-order valence-electron chi connectivity index (χ1n) is 8.89. The Bertz CT molecular complexity index is 754. The highest BCUT2D eigenvalue weighted by Gasteiger charge is 2.20. The van der Waals surface area contributed by atoms with Gasteiger partial charge < -0.3 is 16.4 Å². The molecule has 26 heavy (non-hydrogen) atoms.